The van der Waals surface area contributed by atoms with Crippen LogP contribution in [-0.4, -0.2) is 19.6 Å². The highest BCUT2D eigenvalue weighted by Gasteiger charge is 2.15. The molecule has 6 heteroatoms. The Morgan fingerprint density at radius 2 is 1.86 bits per heavy atom. The van der Waals surface area contributed by atoms with Crippen molar-refractivity contribution in [1.29, 1.82) is 5.26 Å². The topological polar surface area (TPSA) is 80.6 Å². The number of allylic oxidation sites excluding steroid dienone is 1. The summed E-state index contributed by atoms with van der Waals surface area (Å²) in [6, 6.07) is 21.2. The van der Waals surface area contributed by atoms with Crippen LogP contribution in [0.1, 0.15) is 34.7 Å². The van der Waals surface area contributed by atoms with Crippen LogP contribution in [0.25, 0.3) is 6.08 Å². The molecule has 0 aliphatic rings. The maximum atomic E-state index is 12.8. The van der Waals surface area contributed by atoms with Crippen molar-refractivity contribution < 1.29 is 19.0 Å². The highest BCUT2D eigenvalue weighted by atomic mass is 16.5. The van der Waals surface area contributed by atoms with E-state index in [0.29, 0.717) is 43.2 Å². The number of nitrogens with one attached hydrogen (secondary N) is 1. The quantitative estimate of drug-likeness (QED) is 0.191. The van der Waals surface area contributed by atoms with E-state index >= 15 is 0 Å². The number of rotatable bonds is 12. The maximum absolute atomic E-state index is 12.8. The zero-order chi connectivity index (χ0) is 26.6. The normalized spacial score (nSPS) is 10.8. The number of benzene rings is 3. The monoisotopic (exact) mass is 496 g/mol. The first-order valence-electron chi connectivity index (χ1n) is 12.1. The highest BCUT2D eigenvalue weighted by Crippen LogP contribution is 2.35. The summed E-state index contributed by atoms with van der Waals surface area (Å²) < 4.78 is 17.3. The van der Waals surface area contributed by atoms with Crippen LogP contribution in [0.3, 0.4) is 0 Å². The number of amides is 1. The summed E-state index contributed by atoms with van der Waals surface area (Å²) in [6.07, 6.45) is 3.88. The van der Waals surface area contributed by atoms with E-state index in [0.717, 1.165) is 28.0 Å². The smallest absolute Gasteiger partial charge is 0.262 e. The number of aryl methyl sites for hydroxylation is 1. The first-order valence-corrected chi connectivity index (χ1v) is 12.1. The third-order valence-corrected chi connectivity index (χ3v) is 5.57. The molecule has 0 saturated heterocycles. The van der Waals surface area contributed by atoms with Crippen LogP contribution in [0.15, 0.2) is 78.9 Å². The standard InChI is InChI=1S/C31H32N2O4/c1-5-8-26-16-25(17-27(19-32)31(34)33-20-23-11-13-28(35-4)14-12-23)18-29(36-6-2)30(26)37-21-24-10-7-9-22(3)15-24/h5,7,9-18H,1,6,8,20-21H2,2-4H3,(H,33,34)/b27-17-. The molecule has 1 amide bonds. The number of nitriles is 1. The molecule has 1 N–H and O–H groups in total. The fourth-order valence-electron chi connectivity index (χ4n) is 3.79. The van der Waals surface area contributed by atoms with Gasteiger partial charge in [0.15, 0.2) is 11.5 Å². The molecule has 6 nitrogen and oxygen atoms in total. The average molecular weight is 497 g/mol. The van der Waals surface area contributed by atoms with Crippen molar-refractivity contribution in [3.05, 3.63) is 107 Å². The fourth-order valence-corrected chi connectivity index (χ4v) is 3.79. The summed E-state index contributed by atoms with van der Waals surface area (Å²) >= 11 is 0. The minimum Gasteiger partial charge on any atom is -0.497 e. The van der Waals surface area contributed by atoms with Gasteiger partial charge in [-0.05, 0) is 67.3 Å². The lowest BCUT2D eigenvalue weighted by atomic mass is 10.0. The predicted molar refractivity (Wildman–Crippen MR) is 145 cm³/mol. The number of hydrogen-bond acceptors (Lipinski definition) is 5. The highest BCUT2D eigenvalue weighted by molar-refractivity contribution is 6.01. The van der Waals surface area contributed by atoms with Crippen molar-refractivity contribution in [3.63, 3.8) is 0 Å². The van der Waals surface area contributed by atoms with E-state index in [1.165, 1.54) is 0 Å². The molecule has 0 heterocycles. The minimum absolute atomic E-state index is 0.00561. The van der Waals surface area contributed by atoms with E-state index in [9.17, 15) is 10.1 Å². The van der Waals surface area contributed by atoms with E-state index in [-0.39, 0.29) is 5.57 Å². The van der Waals surface area contributed by atoms with Crippen LogP contribution in [0, 0.1) is 18.3 Å². The van der Waals surface area contributed by atoms with Crippen molar-refractivity contribution in [3.8, 4) is 23.3 Å². The lowest BCUT2D eigenvalue weighted by Crippen LogP contribution is -2.23. The Morgan fingerprint density at radius 1 is 1.08 bits per heavy atom. The molecular weight excluding hydrogens is 464 g/mol. The van der Waals surface area contributed by atoms with Crippen molar-refractivity contribution in [1.82, 2.24) is 5.32 Å². The minimum atomic E-state index is -0.457. The number of hydrogen-bond donors (Lipinski definition) is 1. The van der Waals surface area contributed by atoms with Gasteiger partial charge in [-0.25, -0.2) is 0 Å². The van der Waals surface area contributed by atoms with E-state index < -0.39 is 5.91 Å². The van der Waals surface area contributed by atoms with Crippen LogP contribution >= 0.6 is 0 Å². The number of carbonyl (C=O) groups excluding carboxylic acids is 1. The van der Waals surface area contributed by atoms with Crippen molar-refractivity contribution in [2.24, 2.45) is 0 Å². The second-order valence-corrected chi connectivity index (χ2v) is 8.41. The Kier molecular flexibility index (Phi) is 9.92. The van der Waals surface area contributed by atoms with E-state index in [4.69, 9.17) is 14.2 Å². The molecule has 0 spiro atoms. The van der Waals surface area contributed by atoms with Gasteiger partial charge in [0.1, 0.15) is 24.0 Å². The van der Waals surface area contributed by atoms with Gasteiger partial charge in [0, 0.05) is 12.1 Å². The molecule has 3 aromatic rings. The summed E-state index contributed by atoms with van der Waals surface area (Å²) in [6.45, 7) is 8.92. The van der Waals surface area contributed by atoms with Crippen LogP contribution in [0.4, 0.5) is 0 Å². The van der Waals surface area contributed by atoms with Crippen molar-refractivity contribution in [2.75, 3.05) is 13.7 Å². The average Bonchev–Trinajstić information content (AvgIpc) is 2.90. The Bertz CT molecular complexity index is 1300. The number of nitrogens with zero attached hydrogens (tertiary/aromatic N) is 1. The third-order valence-electron chi connectivity index (χ3n) is 5.57. The summed E-state index contributed by atoms with van der Waals surface area (Å²) in [5.74, 6) is 1.46. The molecule has 37 heavy (non-hydrogen) atoms. The summed E-state index contributed by atoms with van der Waals surface area (Å²) in [5, 5.41) is 12.5. The van der Waals surface area contributed by atoms with Gasteiger partial charge in [0.25, 0.3) is 5.91 Å². The SMILES string of the molecule is C=CCc1cc(/C=C(/C#N)C(=O)NCc2ccc(OC)cc2)cc(OCC)c1OCc1cccc(C)c1. The van der Waals surface area contributed by atoms with E-state index in [2.05, 4.69) is 18.0 Å². The molecule has 0 aliphatic heterocycles. The van der Waals surface area contributed by atoms with Crippen molar-refractivity contribution >= 4 is 12.0 Å². The molecule has 3 aromatic carbocycles. The summed E-state index contributed by atoms with van der Waals surface area (Å²) in [7, 11) is 1.60. The summed E-state index contributed by atoms with van der Waals surface area (Å²) in [5.41, 5.74) is 4.63. The number of ether oxygens (including phenoxy) is 3. The second-order valence-electron chi connectivity index (χ2n) is 8.41. The van der Waals surface area contributed by atoms with Crippen LogP contribution < -0.4 is 19.5 Å². The molecule has 0 radical (unpaired) electrons. The van der Waals surface area contributed by atoms with Gasteiger partial charge >= 0.3 is 0 Å². The van der Waals surface area contributed by atoms with E-state index in [1.54, 1.807) is 25.3 Å². The largest absolute Gasteiger partial charge is 0.497 e. The van der Waals surface area contributed by atoms with Crippen LogP contribution in [0.5, 0.6) is 17.2 Å². The van der Waals surface area contributed by atoms with Gasteiger partial charge in [-0.3, -0.25) is 4.79 Å². The molecule has 0 atom stereocenters. The Balaban J connectivity index is 1.84. The zero-order valence-corrected chi connectivity index (χ0v) is 21.5. The lowest BCUT2D eigenvalue weighted by Gasteiger charge is -2.17. The van der Waals surface area contributed by atoms with Gasteiger partial charge < -0.3 is 19.5 Å². The zero-order valence-electron chi connectivity index (χ0n) is 21.5. The first kappa shape index (κ1) is 27.1. The van der Waals surface area contributed by atoms with E-state index in [1.807, 2.05) is 68.4 Å². The molecule has 190 valence electrons. The molecule has 0 bridgehead atoms. The third kappa shape index (κ3) is 7.74. The van der Waals surface area contributed by atoms with Gasteiger partial charge in [0.05, 0.1) is 13.7 Å². The Labute approximate surface area is 218 Å². The van der Waals surface area contributed by atoms with Gasteiger partial charge in [-0.15, -0.1) is 6.58 Å². The Morgan fingerprint density at radius 3 is 2.51 bits per heavy atom. The predicted octanol–water partition coefficient (Wildman–Crippen LogP) is 5.93. The first-order chi connectivity index (χ1) is 18.0. The molecule has 0 aromatic heterocycles. The number of methoxy groups -OCH3 is 1. The summed E-state index contributed by atoms with van der Waals surface area (Å²) in [4.78, 5) is 12.8. The van der Waals surface area contributed by atoms with Crippen LogP contribution in [0.2, 0.25) is 0 Å². The Hall–Kier alpha value is -4.50. The maximum Gasteiger partial charge on any atom is 0.262 e. The number of carbonyl (C=O) groups is 1. The molecular formula is C31H32N2O4. The lowest BCUT2D eigenvalue weighted by molar-refractivity contribution is -0.117. The van der Waals surface area contributed by atoms with Gasteiger partial charge in [0.2, 0.25) is 0 Å². The second kappa shape index (κ2) is 13.6. The molecule has 0 saturated carbocycles. The molecule has 0 aliphatic carbocycles. The molecule has 3 rings (SSSR count). The molecule has 0 unspecified atom stereocenters. The van der Waals surface area contributed by atoms with Crippen molar-refractivity contribution in [2.45, 2.75) is 33.4 Å². The van der Waals surface area contributed by atoms with Crippen LogP contribution in [-0.2, 0) is 24.4 Å². The fraction of sp³-hybridized carbons (Fsp3) is 0.226. The van der Waals surface area contributed by atoms with Gasteiger partial charge in [-0.1, -0.05) is 48.0 Å². The molecule has 0 fully saturated rings. The van der Waals surface area contributed by atoms with Gasteiger partial charge in [-0.2, -0.15) is 5.26 Å².